The van der Waals surface area contributed by atoms with Gasteiger partial charge in [-0.1, -0.05) is 13.3 Å². The molecule has 2 heterocycles. The van der Waals surface area contributed by atoms with Crippen LogP contribution in [0.3, 0.4) is 0 Å². The molecule has 1 saturated heterocycles. The van der Waals surface area contributed by atoms with Crippen LogP contribution in [0.4, 0.5) is 5.95 Å². The normalized spacial score (nSPS) is 18.5. The van der Waals surface area contributed by atoms with E-state index < -0.39 is 0 Å². The van der Waals surface area contributed by atoms with Crippen molar-refractivity contribution in [3.8, 4) is 0 Å². The minimum Gasteiger partial charge on any atom is -0.338 e. The van der Waals surface area contributed by atoms with Crippen molar-refractivity contribution in [1.82, 2.24) is 20.2 Å². The molecule has 1 aromatic rings. The van der Waals surface area contributed by atoms with Gasteiger partial charge in [0.2, 0.25) is 5.95 Å². The quantitative estimate of drug-likeness (QED) is 0.829. The van der Waals surface area contributed by atoms with Gasteiger partial charge in [0.15, 0.2) is 0 Å². The Balaban J connectivity index is 1.87. The molecule has 0 spiro atoms. The van der Waals surface area contributed by atoms with Crippen molar-refractivity contribution < 1.29 is 0 Å². The van der Waals surface area contributed by atoms with Crippen LogP contribution in [0.25, 0.3) is 0 Å². The van der Waals surface area contributed by atoms with Gasteiger partial charge < -0.3 is 10.2 Å². The molecule has 1 fully saturated rings. The van der Waals surface area contributed by atoms with E-state index in [2.05, 4.69) is 32.0 Å². The Hall–Kier alpha value is -1.20. The zero-order valence-corrected chi connectivity index (χ0v) is 12.0. The van der Waals surface area contributed by atoms with Crippen LogP contribution in [-0.4, -0.2) is 60.7 Å². The van der Waals surface area contributed by atoms with Gasteiger partial charge in [0.05, 0.1) is 0 Å². The summed E-state index contributed by atoms with van der Waals surface area (Å²) in [7, 11) is 2.04. The Bertz CT molecular complexity index is 342. The Kier molecular flexibility index (Phi) is 5.54. The summed E-state index contributed by atoms with van der Waals surface area (Å²) in [5, 5.41) is 3.31. The summed E-state index contributed by atoms with van der Waals surface area (Å²) in [6.07, 6.45) is 6.14. The predicted molar refractivity (Wildman–Crippen MR) is 78.4 cm³/mol. The van der Waals surface area contributed by atoms with Crippen molar-refractivity contribution in [3.63, 3.8) is 0 Å². The molecule has 19 heavy (non-hydrogen) atoms. The van der Waals surface area contributed by atoms with E-state index in [1.807, 2.05) is 25.5 Å². The third-order valence-electron chi connectivity index (χ3n) is 3.73. The second kappa shape index (κ2) is 7.40. The van der Waals surface area contributed by atoms with Gasteiger partial charge in [0.25, 0.3) is 0 Å². The van der Waals surface area contributed by atoms with Gasteiger partial charge in [0, 0.05) is 51.2 Å². The highest BCUT2D eigenvalue weighted by Gasteiger charge is 2.23. The topological polar surface area (TPSA) is 44.3 Å². The maximum Gasteiger partial charge on any atom is 0.225 e. The summed E-state index contributed by atoms with van der Waals surface area (Å²) in [5.74, 6) is 0.864. The summed E-state index contributed by atoms with van der Waals surface area (Å²) >= 11 is 0. The van der Waals surface area contributed by atoms with E-state index in [9.17, 15) is 0 Å². The van der Waals surface area contributed by atoms with Crippen LogP contribution in [0.1, 0.15) is 19.8 Å². The fourth-order valence-electron chi connectivity index (χ4n) is 2.72. The lowest BCUT2D eigenvalue weighted by molar-refractivity contribution is 0.173. The smallest absolute Gasteiger partial charge is 0.225 e. The van der Waals surface area contributed by atoms with Gasteiger partial charge in [-0.25, -0.2) is 9.97 Å². The summed E-state index contributed by atoms with van der Waals surface area (Å²) in [6, 6.07) is 2.53. The van der Waals surface area contributed by atoms with Crippen LogP contribution in [0.15, 0.2) is 18.5 Å². The highest BCUT2D eigenvalue weighted by molar-refractivity contribution is 5.29. The van der Waals surface area contributed by atoms with Gasteiger partial charge in [-0.2, -0.15) is 0 Å². The fourth-order valence-corrected chi connectivity index (χ4v) is 2.72. The monoisotopic (exact) mass is 263 g/mol. The number of likely N-dealkylation sites (N-methyl/N-ethyl adjacent to an activating group) is 1. The number of anilines is 1. The Labute approximate surface area is 116 Å². The Morgan fingerprint density at radius 1 is 1.21 bits per heavy atom. The van der Waals surface area contributed by atoms with Gasteiger partial charge in [-0.15, -0.1) is 0 Å². The average molecular weight is 263 g/mol. The zero-order valence-electron chi connectivity index (χ0n) is 12.0. The van der Waals surface area contributed by atoms with Crippen molar-refractivity contribution >= 4 is 5.95 Å². The largest absolute Gasteiger partial charge is 0.338 e. The third-order valence-corrected chi connectivity index (χ3v) is 3.73. The molecule has 1 N–H and O–H groups in total. The van der Waals surface area contributed by atoms with E-state index in [4.69, 9.17) is 0 Å². The van der Waals surface area contributed by atoms with Crippen molar-refractivity contribution in [2.45, 2.75) is 25.8 Å². The summed E-state index contributed by atoms with van der Waals surface area (Å²) < 4.78 is 0. The second-order valence-corrected chi connectivity index (χ2v) is 5.07. The van der Waals surface area contributed by atoms with E-state index in [1.54, 1.807) is 0 Å². The fraction of sp³-hybridized carbons (Fsp3) is 0.714. The molecule has 0 bridgehead atoms. The maximum absolute atomic E-state index is 4.33. The Morgan fingerprint density at radius 2 is 1.89 bits per heavy atom. The lowest BCUT2D eigenvalue weighted by Crippen LogP contribution is -2.53. The predicted octanol–water partition coefficient (Wildman–Crippen LogP) is 0.987. The molecular weight excluding hydrogens is 238 g/mol. The van der Waals surface area contributed by atoms with Crippen molar-refractivity contribution in [2.24, 2.45) is 0 Å². The molecule has 5 heteroatoms. The van der Waals surface area contributed by atoms with E-state index in [0.717, 1.165) is 38.7 Å². The number of hydrogen-bond acceptors (Lipinski definition) is 5. The van der Waals surface area contributed by atoms with Gasteiger partial charge >= 0.3 is 0 Å². The first-order valence-electron chi connectivity index (χ1n) is 7.25. The van der Waals surface area contributed by atoms with E-state index >= 15 is 0 Å². The first-order valence-corrected chi connectivity index (χ1v) is 7.25. The average Bonchev–Trinajstić information content (AvgIpc) is 2.48. The molecular formula is C14H25N5. The molecule has 1 atom stereocenters. The molecule has 1 aliphatic heterocycles. The molecule has 1 aliphatic rings. The molecule has 106 valence electrons. The molecule has 0 aromatic carbocycles. The highest BCUT2D eigenvalue weighted by atomic mass is 15.3. The van der Waals surface area contributed by atoms with Crippen molar-refractivity contribution in [3.05, 3.63) is 18.5 Å². The van der Waals surface area contributed by atoms with Crippen molar-refractivity contribution in [2.75, 3.05) is 44.7 Å². The summed E-state index contributed by atoms with van der Waals surface area (Å²) in [4.78, 5) is 13.5. The van der Waals surface area contributed by atoms with Crippen LogP contribution in [-0.2, 0) is 0 Å². The number of piperazine rings is 1. The standard InChI is InChI=1S/C14H25N5/c1-3-5-13(12-15-2)18-8-10-19(11-9-18)14-16-6-4-7-17-14/h4,6-7,13,15H,3,5,8-12H2,1-2H3. The summed E-state index contributed by atoms with van der Waals surface area (Å²) in [6.45, 7) is 7.59. The van der Waals surface area contributed by atoms with Crippen LogP contribution in [0, 0.1) is 0 Å². The molecule has 0 amide bonds. The minimum absolute atomic E-state index is 0.661. The van der Waals surface area contributed by atoms with Gasteiger partial charge in [-0.05, 0) is 19.5 Å². The zero-order chi connectivity index (χ0) is 13.5. The molecule has 1 aromatic heterocycles. The number of nitrogens with one attached hydrogen (secondary N) is 1. The molecule has 0 radical (unpaired) electrons. The number of nitrogens with zero attached hydrogens (tertiary/aromatic N) is 4. The molecule has 0 saturated carbocycles. The number of hydrogen-bond donors (Lipinski definition) is 1. The SMILES string of the molecule is CCCC(CNC)N1CCN(c2ncccn2)CC1. The highest BCUT2D eigenvalue weighted by Crippen LogP contribution is 2.14. The third kappa shape index (κ3) is 3.88. The van der Waals surface area contributed by atoms with Crippen LogP contribution < -0.4 is 10.2 Å². The van der Waals surface area contributed by atoms with Crippen LogP contribution in [0.2, 0.25) is 0 Å². The maximum atomic E-state index is 4.33. The van der Waals surface area contributed by atoms with E-state index in [-0.39, 0.29) is 0 Å². The first-order chi connectivity index (χ1) is 9.35. The first kappa shape index (κ1) is 14.2. The van der Waals surface area contributed by atoms with E-state index in [1.165, 1.54) is 12.8 Å². The Morgan fingerprint density at radius 3 is 2.47 bits per heavy atom. The number of rotatable bonds is 6. The molecule has 5 nitrogen and oxygen atoms in total. The van der Waals surface area contributed by atoms with E-state index in [0.29, 0.717) is 6.04 Å². The van der Waals surface area contributed by atoms with Crippen molar-refractivity contribution in [1.29, 1.82) is 0 Å². The second-order valence-electron chi connectivity index (χ2n) is 5.07. The lowest BCUT2D eigenvalue weighted by atomic mass is 10.1. The summed E-state index contributed by atoms with van der Waals surface area (Å²) in [5.41, 5.74) is 0. The molecule has 0 aliphatic carbocycles. The van der Waals surface area contributed by atoms with Gasteiger partial charge in [0.1, 0.15) is 0 Å². The number of aromatic nitrogens is 2. The van der Waals surface area contributed by atoms with Crippen LogP contribution >= 0.6 is 0 Å². The molecule has 1 unspecified atom stereocenters. The lowest BCUT2D eigenvalue weighted by Gasteiger charge is -2.39. The van der Waals surface area contributed by atoms with Gasteiger partial charge in [-0.3, -0.25) is 4.90 Å². The van der Waals surface area contributed by atoms with Crippen LogP contribution in [0.5, 0.6) is 0 Å². The molecule has 2 rings (SSSR count). The minimum atomic E-state index is 0.661.